The van der Waals surface area contributed by atoms with Gasteiger partial charge in [-0.25, -0.2) is 8.42 Å². The fourth-order valence-corrected chi connectivity index (χ4v) is 4.30. The molecule has 1 amide bonds. The maximum absolute atomic E-state index is 12.8. The number of benzene rings is 2. The van der Waals surface area contributed by atoms with E-state index in [2.05, 4.69) is 5.32 Å². The van der Waals surface area contributed by atoms with Gasteiger partial charge in [-0.05, 0) is 37.3 Å². The second-order valence-electron chi connectivity index (χ2n) is 5.92. The monoisotopic (exact) mass is 446 g/mol. The Labute approximate surface area is 174 Å². The van der Waals surface area contributed by atoms with Gasteiger partial charge in [-0.15, -0.1) is 0 Å². The number of rotatable bonds is 7. The van der Waals surface area contributed by atoms with Crippen molar-refractivity contribution in [1.82, 2.24) is 0 Å². The van der Waals surface area contributed by atoms with Crippen molar-refractivity contribution in [3.05, 3.63) is 46.4 Å². The summed E-state index contributed by atoms with van der Waals surface area (Å²) < 4.78 is 36.1. The SMILES string of the molecule is COc1ccc(OC)c(NC(=O)C(C)N(c2cc(Cl)cc(Cl)c2)S(C)(=O)=O)c1. The molecule has 0 aliphatic heterocycles. The molecule has 0 saturated carbocycles. The van der Waals surface area contributed by atoms with Crippen LogP contribution in [0.1, 0.15) is 6.92 Å². The molecule has 0 saturated heterocycles. The van der Waals surface area contributed by atoms with Crippen LogP contribution in [0.5, 0.6) is 11.5 Å². The van der Waals surface area contributed by atoms with Crippen LogP contribution in [-0.2, 0) is 14.8 Å². The largest absolute Gasteiger partial charge is 0.497 e. The summed E-state index contributed by atoms with van der Waals surface area (Å²) in [4.78, 5) is 12.8. The number of halogens is 2. The van der Waals surface area contributed by atoms with Gasteiger partial charge in [-0.1, -0.05) is 23.2 Å². The van der Waals surface area contributed by atoms with Crippen molar-refractivity contribution in [2.75, 3.05) is 30.1 Å². The lowest BCUT2D eigenvalue weighted by atomic mass is 10.2. The summed E-state index contributed by atoms with van der Waals surface area (Å²) in [5, 5.41) is 3.17. The molecule has 152 valence electrons. The highest BCUT2D eigenvalue weighted by Gasteiger charge is 2.30. The molecule has 10 heteroatoms. The van der Waals surface area contributed by atoms with Gasteiger partial charge < -0.3 is 14.8 Å². The maximum atomic E-state index is 12.8. The first-order valence-corrected chi connectivity index (χ1v) is 10.7. The average molecular weight is 447 g/mol. The van der Waals surface area contributed by atoms with Crippen LogP contribution in [0.15, 0.2) is 36.4 Å². The highest BCUT2D eigenvalue weighted by Crippen LogP contribution is 2.31. The Morgan fingerprint density at radius 2 is 1.68 bits per heavy atom. The molecule has 0 aliphatic rings. The van der Waals surface area contributed by atoms with Crippen molar-refractivity contribution in [3.8, 4) is 11.5 Å². The molecule has 0 spiro atoms. The summed E-state index contributed by atoms with van der Waals surface area (Å²) in [6.07, 6.45) is 0.998. The van der Waals surface area contributed by atoms with E-state index in [9.17, 15) is 13.2 Å². The highest BCUT2D eigenvalue weighted by molar-refractivity contribution is 7.92. The molecule has 0 bridgehead atoms. The van der Waals surface area contributed by atoms with E-state index in [1.54, 1.807) is 18.2 Å². The van der Waals surface area contributed by atoms with Crippen molar-refractivity contribution in [2.24, 2.45) is 0 Å². The van der Waals surface area contributed by atoms with E-state index in [4.69, 9.17) is 32.7 Å². The van der Waals surface area contributed by atoms with Crippen molar-refractivity contribution in [1.29, 1.82) is 0 Å². The molecule has 0 fully saturated rings. The normalized spacial score (nSPS) is 12.2. The number of nitrogens with zero attached hydrogens (tertiary/aromatic N) is 1. The third-order valence-electron chi connectivity index (χ3n) is 3.85. The van der Waals surface area contributed by atoms with E-state index < -0.39 is 22.0 Å². The number of ether oxygens (including phenoxy) is 2. The molecular formula is C18H20Cl2N2O5S. The van der Waals surface area contributed by atoms with E-state index in [0.29, 0.717) is 17.2 Å². The summed E-state index contributed by atoms with van der Waals surface area (Å²) >= 11 is 12.0. The van der Waals surface area contributed by atoms with Crippen LogP contribution < -0.4 is 19.1 Å². The standard InChI is InChI=1S/C18H20Cl2N2O5S/c1-11(18(23)21-16-10-15(26-2)5-6-17(16)27-3)22(28(4,24)25)14-8-12(19)7-13(20)9-14/h5-11H,1-4H3,(H,21,23). The van der Waals surface area contributed by atoms with Gasteiger partial charge in [0.1, 0.15) is 17.5 Å². The van der Waals surface area contributed by atoms with Gasteiger partial charge in [0.05, 0.1) is 31.9 Å². The fourth-order valence-electron chi connectivity index (χ4n) is 2.62. The summed E-state index contributed by atoms with van der Waals surface area (Å²) in [6, 6.07) is 8.09. The smallest absolute Gasteiger partial charge is 0.248 e. The van der Waals surface area contributed by atoms with Crippen molar-refractivity contribution in [2.45, 2.75) is 13.0 Å². The van der Waals surface area contributed by atoms with Crippen LogP contribution in [0.3, 0.4) is 0 Å². The molecule has 2 aromatic rings. The lowest BCUT2D eigenvalue weighted by Gasteiger charge is -2.28. The van der Waals surface area contributed by atoms with Gasteiger partial charge in [-0.2, -0.15) is 0 Å². The summed E-state index contributed by atoms with van der Waals surface area (Å²) in [7, 11) is -0.871. The lowest BCUT2D eigenvalue weighted by Crippen LogP contribution is -2.45. The van der Waals surface area contributed by atoms with Crippen LogP contribution >= 0.6 is 23.2 Å². The van der Waals surface area contributed by atoms with Gasteiger partial charge in [0, 0.05) is 16.1 Å². The molecule has 1 unspecified atom stereocenters. The predicted molar refractivity (Wildman–Crippen MR) is 111 cm³/mol. The average Bonchev–Trinajstić information content (AvgIpc) is 2.59. The third-order valence-corrected chi connectivity index (χ3v) is 5.53. The quantitative estimate of drug-likeness (QED) is 0.698. The number of carbonyl (C=O) groups excluding carboxylic acids is 1. The van der Waals surface area contributed by atoms with Gasteiger partial charge in [0.2, 0.25) is 15.9 Å². The van der Waals surface area contributed by atoms with Crippen molar-refractivity contribution >= 4 is 50.5 Å². The summed E-state index contributed by atoms with van der Waals surface area (Å²) in [6.45, 7) is 1.46. The minimum absolute atomic E-state index is 0.181. The zero-order valence-electron chi connectivity index (χ0n) is 15.7. The molecule has 0 heterocycles. The Balaban J connectivity index is 2.40. The van der Waals surface area contributed by atoms with Crippen LogP contribution in [0.25, 0.3) is 0 Å². The van der Waals surface area contributed by atoms with Gasteiger partial charge in [0.15, 0.2) is 0 Å². The fraction of sp³-hybridized carbons (Fsp3) is 0.278. The molecule has 1 N–H and O–H groups in total. The molecule has 0 aromatic heterocycles. The molecule has 0 aliphatic carbocycles. The van der Waals surface area contributed by atoms with Crippen LogP contribution in [0.2, 0.25) is 10.0 Å². The van der Waals surface area contributed by atoms with Crippen LogP contribution in [-0.4, -0.2) is 40.8 Å². The number of hydrogen-bond donors (Lipinski definition) is 1. The van der Waals surface area contributed by atoms with Crippen molar-refractivity contribution < 1.29 is 22.7 Å². The van der Waals surface area contributed by atoms with E-state index in [1.807, 2.05) is 0 Å². The van der Waals surface area contributed by atoms with Crippen LogP contribution in [0.4, 0.5) is 11.4 Å². The van der Waals surface area contributed by atoms with Gasteiger partial charge in [0.25, 0.3) is 0 Å². The molecule has 7 nitrogen and oxygen atoms in total. The van der Waals surface area contributed by atoms with E-state index in [0.717, 1.165) is 10.6 Å². The number of carbonyl (C=O) groups is 1. The maximum Gasteiger partial charge on any atom is 0.248 e. The number of methoxy groups -OCH3 is 2. The van der Waals surface area contributed by atoms with Gasteiger partial charge in [-0.3, -0.25) is 9.10 Å². The Kier molecular flexibility index (Phi) is 7.03. The first kappa shape index (κ1) is 22.1. The van der Waals surface area contributed by atoms with Crippen LogP contribution in [0, 0.1) is 0 Å². The highest BCUT2D eigenvalue weighted by atomic mass is 35.5. The second-order valence-corrected chi connectivity index (χ2v) is 8.65. The van der Waals surface area contributed by atoms with Gasteiger partial charge >= 0.3 is 0 Å². The first-order chi connectivity index (χ1) is 13.1. The number of anilines is 2. The predicted octanol–water partition coefficient (Wildman–Crippen LogP) is 3.80. The summed E-state index contributed by atoms with van der Waals surface area (Å²) in [5.74, 6) is 0.330. The minimum Gasteiger partial charge on any atom is -0.497 e. The Hall–Kier alpha value is -2.16. The minimum atomic E-state index is -3.82. The molecular weight excluding hydrogens is 427 g/mol. The first-order valence-electron chi connectivity index (χ1n) is 8.05. The Morgan fingerprint density at radius 1 is 1.07 bits per heavy atom. The number of hydrogen-bond acceptors (Lipinski definition) is 5. The number of sulfonamides is 1. The van der Waals surface area contributed by atoms with E-state index in [1.165, 1.54) is 39.3 Å². The third kappa shape index (κ3) is 5.21. The lowest BCUT2D eigenvalue weighted by molar-refractivity contribution is -0.116. The van der Waals surface area contributed by atoms with E-state index >= 15 is 0 Å². The molecule has 1 atom stereocenters. The van der Waals surface area contributed by atoms with E-state index in [-0.39, 0.29) is 15.7 Å². The molecule has 2 rings (SSSR count). The Morgan fingerprint density at radius 3 is 2.18 bits per heavy atom. The zero-order valence-corrected chi connectivity index (χ0v) is 18.0. The number of nitrogens with one attached hydrogen (secondary N) is 1. The molecule has 28 heavy (non-hydrogen) atoms. The summed E-state index contributed by atoms with van der Waals surface area (Å²) in [5.41, 5.74) is 0.525. The zero-order chi connectivity index (χ0) is 21.1. The molecule has 0 radical (unpaired) electrons. The topological polar surface area (TPSA) is 84.9 Å². The Bertz CT molecular complexity index is 962. The number of amides is 1. The second kappa shape index (κ2) is 8.89. The van der Waals surface area contributed by atoms with Crippen molar-refractivity contribution in [3.63, 3.8) is 0 Å². The molecule has 2 aromatic carbocycles.